The normalized spacial score (nSPS) is 25.3. The van der Waals surface area contributed by atoms with Crippen LogP contribution in [-0.4, -0.2) is 16.7 Å². The smallest absolute Gasteiger partial charge is 0.320 e. The minimum Gasteiger partial charge on any atom is -0.456 e. The molecule has 3 rings (SSSR count). The Kier molecular flexibility index (Phi) is 3.94. The molecule has 128 valence electrons. The average molecular weight is 331 g/mol. The van der Waals surface area contributed by atoms with Crippen LogP contribution in [0.5, 0.6) is 0 Å². The molecule has 1 heterocycles. The van der Waals surface area contributed by atoms with Gasteiger partial charge < -0.3 is 4.74 Å². The van der Waals surface area contributed by atoms with E-state index in [0.29, 0.717) is 18.4 Å². The number of non-ortho nitro benzene ring substituents is 1. The molecule has 0 aromatic heterocycles. The van der Waals surface area contributed by atoms with Crippen LogP contribution in [0.3, 0.4) is 0 Å². The van der Waals surface area contributed by atoms with Gasteiger partial charge in [-0.15, -0.1) is 0 Å². The lowest BCUT2D eigenvalue weighted by Crippen LogP contribution is -2.55. The first-order chi connectivity index (χ1) is 11.3. The Balaban J connectivity index is 1.95. The first-order valence-electron chi connectivity index (χ1n) is 8.29. The van der Waals surface area contributed by atoms with Crippen LogP contribution < -0.4 is 0 Å². The van der Waals surface area contributed by atoms with Crippen LogP contribution in [0.2, 0.25) is 0 Å². The monoisotopic (exact) mass is 331 g/mol. The molecule has 0 amide bonds. The van der Waals surface area contributed by atoms with Gasteiger partial charge in [0.25, 0.3) is 5.69 Å². The topological polar surface area (TPSA) is 86.5 Å². The molecular weight excluding hydrogens is 310 g/mol. The van der Waals surface area contributed by atoms with E-state index in [0.717, 1.165) is 19.3 Å². The molecule has 1 aliphatic heterocycles. The Morgan fingerprint density at radius 2 is 1.67 bits per heavy atom. The van der Waals surface area contributed by atoms with Gasteiger partial charge in [0.2, 0.25) is 0 Å². The highest BCUT2D eigenvalue weighted by Gasteiger charge is 2.60. The summed E-state index contributed by atoms with van der Waals surface area (Å²) < 4.78 is 5.72. The van der Waals surface area contributed by atoms with Crippen molar-refractivity contribution in [3.8, 4) is 0 Å². The van der Waals surface area contributed by atoms with Gasteiger partial charge in [0.15, 0.2) is 5.78 Å². The van der Waals surface area contributed by atoms with Gasteiger partial charge in [-0.1, -0.05) is 19.3 Å². The fraction of sp³-hybridized carbons (Fsp3) is 0.556. The van der Waals surface area contributed by atoms with Crippen molar-refractivity contribution >= 4 is 17.4 Å². The molecule has 6 heteroatoms. The molecule has 1 aromatic carbocycles. The molecule has 1 saturated carbocycles. The first kappa shape index (κ1) is 16.6. The zero-order chi connectivity index (χ0) is 17.5. The predicted molar refractivity (Wildman–Crippen MR) is 86.2 cm³/mol. The molecule has 1 spiro atoms. The summed E-state index contributed by atoms with van der Waals surface area (Å²) in [6.45, 7) is 3.59. The molecule has 6 nitrogen and oxygen atoms in total. The van der Waals surface area contributed by atoms with Crippen LogP contribution in [-0.2, 0) is 14.3 Å². The number of carbonyl (C=O) groups excluding carboxylic acids is 2. The molecule has 1 saturated heterocycles. The number of rotatable bonds is 2. The second-order valence-electron chi connectivity index (χ2n) is 7.33. The Bertz CT molecular complexity index is 686. The Morgan fingerprint density at radius 1 is 1.08 bits per heavy atom. The third-order valence-corrected chi connectivity index (χ3v) is 5.40. The van der Waals surface area contributed by atoms with E-state index in [1.54, 1.807) is 26.0 Å². The number of hydrogen-bond donors (Lipinski definition) is 0. The summed E-state index contributed by atoms with van der Waals surface area (Å²) in [5, 5.41) is 10.8. The second-order valence-corrected chi connectivity index (χ2v) is 7.33. The van der Waals surface area contributed by atoms with Crippen molar-refractivity contribution in [1.82, 2.24) is 0 Å². The lowest BCUT2D eigenvalue weighted by molar-refractivity contribution is -0.384. The average Bonchev–Trinajstić information content (AvgIpc) is 2.58. The Hall–Kier alpha value is -2.24. The molecule has 0 radical (unpaired) electrons. The van der Waals surface area contributed by atoms with Crippen molar-refractivity contribution in [2.45, 2.75) is 52.1 Å². The van der Waals surface area contributed by atoms with Crippen molar-refractivity contribution in [3.63, 3.8) is 0 Å². The SMILES string of the molecule is CC1(C)C(=O)C2(CCCCC2)C(=O)O[C@H]1c1ccc([N+](=O)[O-])cc1. The van der Waals surface area contributed by atoms with Gasteiger partial charge in [0.05, 0.1) is 10.3 Å². The summed E-state index contributed by atoms with van der Waals surface area (Å²) >= 11 is 0. The number of cyclic esters (lactones) is 1. The van der Waals surface area contributed by atoms with E-state index in [4.69, 9.17) is 4.74 Å². The summed E-state index contributed by atoms with van der Waals surface area (Å²) in [5.41, 5.74) is -1.29. The van der Waals surface area contributed by atoms with Gasteiger partial charge in [0, 0.05) is 12.1 Å². The summed E-state index contributed by atoms with van der Waals surface area (Å²) in [5.74, 6) is -0.496. The third kappa shape index (κ3) is 2.41. The van der Waals surface area contributed by atoms with E-state index in [1.807, 2.05) is 0 Å². The number of benzene rings is 1. The molecule has 1 atom stereocenters. The molecule has 0 unspecified atom stereocenters. The molecule has 0 bridgehead atoms. The summed E-state index contributed by atoms with van der Waals surface area (Å²) in [6.07, 6.45) is 3.15. The zero-order valence-corrected chi connectivity index (χ0v) is 13.9. The quantitative estimate of drug-likeness (QED) is 0.356. The lowest BCUT2D eigenvalue weighted by Gasteiger charge is -2.47. The van der Waals surface area contributed by atoms with Crippen LogP contribution in [0.1, 0.15) is 57.6 Å². The van der Waals surface area contributed by atoms with Crippen molar-refractivity contribution in [3.05, 3.63) is 39.9 Å². The number of ketones is 1. The predicted octanol–water partition coefficient (Wildman–Crippen LogP) is 3.74. The van der Waals surface area contributed by atoms with E-state index in [-0.39, 0.29) is 11.5 Å². The highest BCUT2D eigenvalue weighted by Crippen LogP contribution is 2.53. The molecule has 1 aromatic rings. The number of esters is 1. The van der Waals surface area contributed by atoms with Gasteiger partial charge >= 0.3 is 5.97 Å². The van der Waals surface area contributed by atoms with Gasteiger partial charge in [0.1, 0.15) is 11.5 Å². The van der Waals surface area contributed by atoms with Crippen molar-refractivity contribution in [1.29, 1.82) is 0 Å². The van der Waals surface area contributed by atoms with E-state index in [2.05, 4.69) is 0 Å². The minimum atomic E-state index is -1.00. The first-order valence-corrected chi connectivity index (χ1v) is 8.29. The largest absolute Gasteiger partial charge is 0.456 e. The summed E-state index contributed by atoms with van der Waals surface area (Å²) in [4.78, 5) is 36.2. The van der Waals surface area contributed by atoms with E-state index in [1.165, 1.54) is 12.1 Å². The zero-order valence-electron chi connectivity index (χ0n) is 13.9. The minimum absolute atomic E-state index is 0.0335. The molecule has 2 aliphatic rings. The highest BCUT2D eigenvalue weighted by molar-refractivity contribution is 6.08. The van der Waals surface area contributed by atoms with Gasteiger partial charge in [-0.25, -0.2) is 0 Å². The fourth-order valence-corrected chi connectivity index (χ4v) is 4.04. The van der Waals surface area contributed by atoms with Crippen LogP contribution in [0.4, 0.5) is 5.69 Å². The maximum Gasteiger partial charge on any atom is 0.320 e. The number of Topliss-reactive ketones (excluding diaryl/α,β-unsaturated/α-hetero) is 1. The number of hydrogen-bond acceptors (Lipinski definition) is 5. The van der Waals surface area contributed by atoms with Crippen LogP contribution in [0.25, 0.3) is 0 Å². The molecule has 2 fully saturated rings. The Morgan fingerprint density at radius 3 is 2.21 bits per heavy atom. The van der Waals surface area contributed by atoms with Gasteiger partial charge in [-0.2, -0.15) is 0 Å². The molecule has 24 heavy (non-hydrogen) atoms. The van der Waals surface area contributed by atoms with Crippen molar-refractivity contribution < 1.29 is 19.2 Å². The van der Waals surface area contributed by atoms with Crippen molar-refractivity contribution in [2.75, 3.05) is 0 Å². The number of ether oxygens (including phenoxy) is 1. The number of carbonyl (C=O) groups is 2. The van der Waals surface area contributed by atoms with E-state index < -0.39 is 27.8 Å². The second kappa shape index (κ2) is 5.69. The highest BCUT2D eigenvalue weighted by atomic mass is 16.6. The summed E-state index contributed by atoms with van der Waals surface area (Å²) in [6, 6.07) is 5.86. The van der Waals surface area contributed by atoms with Crippen LogP contribution in [0, 0.1) is 20.9 Å². The van der Waals surface area contributed by atoms with Gasteiger partial charge in [-0.3, -0.25) is 19.7 Å². The van der Waals surface area contributed by atoms with E-state index >= 15 is 0 Å². The van der Waals surface area contributed by atoms with Gasteiger partial charge in [-0.05, 0) is 44.4 Å². The fourth-order valence-electron chi connectivity index (χ4n) is 4.04. The molecule has 1 aliphatic carbocycles. The van der Waals surface area contributed by atoms with E-state index in [9.17, 15) is 19.7 Å². The maximum absolute atomic E-state index is 13.2. The Labute approximate surface area is 140 Å². The number of nitrogens with zero attached hydrogens (tertiary/aromatic N) is 1. The van der Waals surface area contributed by atoms with Crippen LogP contribution in [0.15, 0.2) is 24.3 Å². The number of nitro groups is 1. The third-order valence-electron chi connectivity index (χ3n) is 5.40. The lowest BCUT2D eigenvalue weighted by atomic mass is 9.60. The molecule has 0 N–H and O–H groups in total. The summed E-state index contributed by atoms with van der Waals surface area (Å²) in [7, 11) is 0. The molecular formula is C18H21NO5. The maximum atomic E-state index is 13.2. The van der Waals surface area contributed by atoms with Crippen molar-refractivity contribution in [2.24, 2.45) is 10.8 Å². The van der Waals surface area contributed by atoms with Crippen LogP contribution >= 0.6 is 0 Å². The standard InChI is InChI=1S/C18H21NO5/c1-17(2)14(12-6-8-13(9-7-12)19(22)23)24-16(21)18(15(17)20)10-4-3-5-11-18/h6-9,14H,3-5,10-11H2,1-2H3/t14-/m0/s1. The number of nitro benzene ring substituents is 1.